The number of aliphatic hydroxyl groups excluding tert-OH is 1. The third-order valence-corrected chi connectivity index (χ3v) is 5.93. The molecule has 20 heavy (non-hydrogen) atoms. The van der Waals surface area contributed by atoms with Crippen LogP contribution in [-0.4, -0.2) is 37.0 Å². The molecule has 1 aromatic carbocycles. The number of carbonyl (C=O) groups is 1. The van der Waals surface area contributed by atoms with Crippen molar-refractivity contribution in [2.75, 3.05) is 17.7 Å². The molecule has 1 aromatic rings. The topological polar surface area (TPSA) is 74.7 Å². The van der Waals surface area contributed by atoms with E-state index in [0.717, 1.165) is 6.26 Å². The molecule has 1 aliphatic heterocycles. The molecule has 1 N–H and O–H groups in total. The smallest absolute Gasteiger partial charge is 0.247 e. The van der Waals surface area contributed by atoms with Crippen molar-refractivity contribution in [1.82, 2.24) is 0 Å². The summed E-state index contributed by atoms with van der Waals surface area (Å²) in [7, 11) is -3.52. The van der Waals surface area contributed by atoms with Crippen molar-refractivity contribution in [3.63, 3.8) is 0 Å². The van der Waals surface area contributed by atoms with Gasteiger partial charge in [-0.3, -0.25) is 4.79 Å². The number of sulfone groups is 1. The van der Waals surface area contributed by atoms with Gasteiger partial charge in [0.15, 0.2) is 9.84 Å². The maximum absolute atomic E-state index is 12.6. The number of nitrogens with zero attached hydrogens (tertiary/aromatic N) is 1. The number of carbonyl (C=O) groups excluding carboxylic acids is 1. The molecule has 0 saturated heterocycles. The molecular formula is C14H19NO4S. The predicted molar refractivity (Wildman–Crippen MR) is 77.3 cm³/mol. The van der Waals surface area contributed by atoms with Crippen molar-refractivity contribution < 1.29 is 18.3 Å². The van der Waals surface area contributed by atoms with Gasteiger partial charge in [0.05, 0.1) is 6.10 Å². The van der Waals surface area contributed by atoms with E-state index in [0.29, 0.717) is 24.2 Å². The Balaban J connectivity index is 2.46. The van der Waals surface area contributed by atoms with Crippen LogP contribution in [-0.2, 0) is 14.6 Å². The van der Waals surface area contributed by atoms with E-state index in [9.17, 15) is 18.3 Å². The maximum Gasteiger partial charge on any atom is 0.247 e. The number of rotatable bonds is 2. The van der Waals surface area contributed by atoms with E-state index in [4.69, 9.17) is 0 Å². The molecule has 0 radical (unpaired) electrons. The first-order chi connectivity index (χ1) is 9.16. The van der Waals surface area contributed by atoms with Crippen LogP contribution in [0.4, 0.5) is 5.69 Å². The third-order valence-electron chi connectivity index (χ3n) is 3.90. The first kappa shape index (κ1) is 15.0. The standard InChI is InChI=1S/C14H19NO4S/c1-14(2,20(3,18)19)13(17)15-9-8-12(16)10-6-4-5-7-11(10)15/h4-7,12,16H,8-9H2,1-3H3. The van der Waals surface area contributed by atoms with E-state index in [1.54, 1.807) is 24.3 Å². The molecule has 6 heteroatoms. The first-order valence-corrected chi connectivity index (χ1v) is 8.34. The Morgan fingerprint density at radius 3 is 2.55 bits per heavy atom. The molecule has 0 aliphatic carbocycles. The summed E-state index contributed by atoms with van der Waals surface area (Å²) < 4.78 is 22.1. The quantitative estimate of drug-likeness (QED) is 0.892. The van der Waals surface area contributed by atoms with Crippen molar-refractivity contribution >= 4 is 21.4 Å². The van der Waals surface area contributed by atoms with Gasteiger partial charge in [-0.1, -0.05) is 18.2 Å². The van der Waals surface area contributed by atoms with Gasteiger partial charge >= 0.3 is 0 Å². The molecule has 1 heterocycles. The molecule has 0 aromatic heterocycles. The lowest BCUT2D eigenvalue weighted by Gasteiger charge is -2.36. The number of anilines is 1. The Hall–Kier alpha value is -1.40. The molecule has 1 amide bonds. The minimum absolute atomic E-state index is 0.315. The van der Waals surface area contributed by atoms with E-state index in [1.807, 2.05) is 0 Å². The molecule has 1 atom stereocenters. The molecule has 5 nitrogen and oxygen atoms in total. The van der Waals surface area contributed by atoms with Gasteiger partial charge in [0.2, 0.25) is 5.91 Å². The number of amides is 1. The Morgan fingerprint density at radius 2 is 1.95 bits per heavy atom. The van der Waals surface area contributed by atoms with E-state index >= 15 is 0 Å². The van der Waals surface area contributed by atoms with Gasteiger partial charge in [-0.05, 0) is 26.3 Å². The first-order valence-electron chi connectivity index (χ1n) is 6.45. The Morgan fingerprint density at radius 1 is 1.35 bits per heavy atom. The van der Waals surface area contributed by atoms with Gasteiger partial charge in [-0.2, -0.15) is 0 Å². The average molecular weight is 297 g/mol. The van der Waals surface area contributed by atoms with Crippen LogP contribution >= 0.6 is 0 Å². The van der Waals surface area contributed by atoms with Gasteiger partial charge in [0.25, 0.3) is 0 Å². The molecule has 0 spiro atoms. The van der Waals surface area contributed by atoms with Crippen molar-refractivity contribution in [3.05, 3.63) is 29.8 Å². The molecule has 0 saturated carbocycles. The fraction of sp³-hybridized carbons (Fsp3) is 0.500. The van der Waals surface area contributed by atoms with E-state index in [-0.39, 0.29) is 0 Å². The zero-order chi connectivity index (χ0) is 15.1. The summed E-state index contributed by atoms with van der Waals surface area (Å²) in [5.41, 5.74) is 1.25. The van der Waals surface area contributed by atoms with Gasteiger partial charge in [0, 0.05) is 24.1 Å². The number of aliphatic hydroxyl groups is 1. The van der Waals surface area contributed by atoms with Gasteiger partial charge < -0.3 is 10.0 Å². The summed E-state index contributed by atoms with van der Waals surface area (Å²) in [5.74, 6) is -0.459. The van der Waals surface area contributed by atoms with Crippen molar-refractivity contribution in [1.29, 1.82) is 0 Å². The van der Waals surface area contributed by atoms with Crippen molar-refractivity contribution in [3.8, 4) is 0 Å². The fourth-order valence-corrected chi connectivity index (χ4v) is 2.66. The van der Waals surface area contributed by atoms with Gasteiger partial charge in [0.1, 0.15) is 4.75 Å². The number of para-hydroxylation sites is 1. The molecule has 0 fully saturated rings. The summed E-state index contributed by atoms with van der Waals surface area (Å²) in [6.45, 7) is 3.15. The summed E-state index contributed by atoms with van der Waals surface area (Å²) in [5, 5.41) is 9.97. The lowest BCUT2D eigenvalue weighted by Crippen LogP contribution is -2.51. The van der Waals surface area contributed by atoms with Crippen LogP contribution in [0.3, 0.4) is 0 Å². The van der Waals surface area contributed by atoms with E-state index < -0.39 is 26.6 Å². The largest absolute Gasteiger partial charge is 0.388 e. The Kier molecular flexibility index (Phi) is 3.64. The molecular weight excluding hydrogens is 278 g/mol. The van der Waals surface area contributed by atoms with Crippen LogP contribution in [0.25, 0.3) is 0 Å². The fourth-order valence-electron chi connectivity index (χ4n) is 2.24. The monoisotopic (exact) mass is 297 g/mol. The number of hydrogen-bond acceptors (Lipinski definition) is 4. The second-order valence-electron chi connectivity index (χ2n) is 5.60. The zero-order valence-electron chi connectivity index (χ0n) is 11.8. The minimum atomic E-state index is -3.52. The van der Waals surface area contributed by atoms with Crippen LogP contribution in [0.5, 0.6) is 0 Å². The van der Waals surface area contributed by atoms with Crippen LogP contribution in [0.15, 0.2) is 24.3 Å². The molecule has 1 unspecified atom stereocenters. The highest BCUT2D eigenvalue weighted by atomic mass is 32.2. The molecule has 0 bridgehead atoms. The Labute approximate surface area is 119 Å². The normalized spacial score (nSPS) is 19.6. The van der Waals surface area contributed by atoms with Crippen LogP contribution in [0, 0.1) is 0 Å². The Bertz CT molecular complexity index is 636. The third kappa shape index (κ3) is 2.33. The second kappa shape index (κ2) is 4.86. The number of hydrogen-bond donors (Lipinski definition) is 1. The van der Waals surface area contributed by atoms with E-state index in [2.05, 4.69) is 0 Å². The van der Waals surface area contributed by atoms with E-state index in [1.165, 1.54) is 18.7 Å². The summed E-state index contributed by atoms with van der Waals surface area (Å²) in [6.07, 6.45) is 0.856. The summed E-state index contributed by atoms with van der Waals surface area (Å²) in [6, 6.07) is 7.04. The SMILES string of the molecule is CC(C)(C(=O)N1CCC(O)c2ccccc21)S(C)(=O)=O. The van der Waals surface area contributed by atoms with Gasteiger partial charge in [-0.25, -0.2) is 8.42 Å². The van der Waals surface area contributed by atoms with Crippen molar-refractivity contribution in [2.45, 2.75) is 31.1 Å². The summed E-state index contributed by atoms with van der Waals surface area (Å²) in [4.78, 5) is 14.1. The van der Waals surface area contributed by atoms with Crippen LogP contribution in [0.1, 0.15) is 31.9 Å². The van der Waals surface area contributed by atoms with Crippen LogP contribution in [0.2, 0.25) is 0 Å². The average Bonchev–Trinajstić information content (AvgIpc) is 2.37. The molecule has 110 valence electrons. The summed E-state index contributed by atoms with van der Waals surface area (Å²) >= 11 is 0. The predicted octanol–water partition coefficient (Wildman–Crippen LogP) is 1.28. The molecule has 2 rings (SSSR count). The lowest BCUT2D eigenvalue weighted by molar-refractivity contribution is -0.120. The van der Waals surface area contributed by atoms with Gasteiger partial charge in [-0.15, -0.1) is 0 Å². The number of fused-ring (bicyclic) bond motifs is 1. The highest BCUT2D eigenvalue weighted by Gasteiger charge is 2.43. The van der Waals surface area contributed by atoms with Crippen LogP contribution < -0.4 is 4.90 Å². The highest BCUT2D eigenvalue weighted by Crippen LogP contribution is 2.35. The molecule has 1 aliphatic rings. The maximum atomic E-state index is 12.6. The zero-order valence-corrected chi connectivity index (χ0v) is 12.6. The highest BCUT2D eigenvalue weighted by molar-refractivity contribution is 7.92. The minimum Gasteiger partial charge on any atom is -0.388 e. The van der Waals surface area contributed by atoms with Crippen molar-refractivity contribution in [2.24, 2.45) is 0 Å². The lowest BCUT2D eigenvalue weighted by atomic mass is 9.97. The number of benzene rings is 1. The second-order valence-corrected chi connectivity index (χ2v) is 8.17.